The van der Waals surface area contributed by atoms with E-state index in [9.17, 15) is 20.1 Å². The van der Waals surface area contributed by atoms with Crippen LogP contribution in [0.25, 0.3) is 44.1 Å². The molecule has 17 nitrogen and oxygen atoms in total. The number of nitrogens with one attached hydrogen (secondary N) is 3. The van der Waals surface area contributed by atoms with E-state index in [2.05, 4.69) is 38.0 Å². The Morgan fingerprint density at radius 3 is 2.09 bits per heavy atom. The van der Waals surface area contributed by atoms with Crippen LogP contribution in [0, 0.1) is 34.5 Å². The molecule has 0 radical (unpaired) electrons. The van der Waals surface area contributed by atoms with E-state index < -0.39 is 5.56 Å². The molecular weight excluding hydrogens is 844 g/mol. The van der Waals surface area contributed by atoms with E-state index in [-0.39, 0.29) is 36.1 Å². The van der Waals surface area contributed by atoms with Crippen molar-refractivity contribution in [3.63, 3.8) is 0 Å². The zero-order chi connectivity index (χ0) is 44.6. The molecule has 328 valence electrons. The molecule has 2 aliphatic rings. The zero-order valence-electron chi connectivity index (χ0n) is 35.6. The van der Waals surface area contributed by atoms with Crippen molar-refractivity contribution in [2.75, 3.05) is 17.2 Å². The lowest BCUT2D eigenvalue weighted by molar-refractivity contribution is 0.0944. The van der Waals surface area contributed by atoms with Crippen LogP contribution in [0.3, 0.4) is 0 Å². The Balaban J connectivity index is 0.848. The first-order valence-corrected chi connectivity index (χ1v) is 22.3. The minimum absolute atomic E-state index is 0.0954. The molecule has 0 spiro atoms. The van der Waals surface area contributed by atoms with Gasteiger partial charge in [-0.2, -0.15) is 35.6 Å². The number of anilines is 4. The minimum Gasteiger partial charge on any atom is -0.409 e. The third kappa shape index (κ3) is 7.99. The summed E-state index contributed by atoms with van der Waals surface area (Å²) in [4.78, 5) is 36.1. The summed E-state index contributed by atoms with van der Waals surface area (Å²) in [7, 11) is 1.85. The Labute approximate surface area is 377 Å². The van der Waals surface area contributed by atoms with Crippen molar-refractivity contribution >= 4 is 56.4 Å². The largest absolute Gasteiger partial charge is 0.409 e. The maximum Gasteiger partial charge on any atom is 0.296 e. The Morgan fingerprint density at radius 1 is 0.769 bits per heavy atom. The van der Waals surface area contributed by atoms with Crippen LogP contribution < -0.4 is 26.6 Å². The molecule has 2 fully saturated rings. The van der Waals surface area contributed by atoms with E-state index in [1.807, 2.05) is 77.3 Å². The highest BCUT2D eigenvalue weighted by Crippen LogP contribution is 2.39. The second-order valence-electron chi connectivity index (χ2n) is 16.8. The molecule has 2 saturated carbocycles. The lowest BCUT2D eigenvalue weighted by Gasteiger charge is -2.27. The molecule has 2 aromatic carbocycles. The fraction of sp³-hybridized carbons (Fsp3) is 0.319. The van der Waals surface area contributed by atoms with Gasteiger partial charge in [0, 0.05) is 53.7 Å². The number of aryl methyl sites for hydroxylation is 1. The molecule has 0 aliphatic heterocycles. The summed E-state index contributed by atoms with van der Waals surface area (Å²) in [6, 6.07) is 21.7. The van der Waals surface area contributed by atoms with Gasteiger partial charge in [-0.3, -0.25) is 28.3 Å². The van der Waals surface area contributed by atoms with Crippen LogP contribution in [0.5, 0.6) is 0 Å². The third-order valence-electron chi connectivity index (χ3n) is 12.7. The van der Waals surface area contributed by atoms with Gasteiger partial charge in [0.1, 0.15) is 17.4 Å². The number of fused-ring (bicyclic) bond motifs is 2. The first-order chi connectivity index (χ1) is 31.8. The van der Waals surface area contributed by atoms with Gasteiger partial charge >= 0.3 is 0 Å². The maximum absolute atomic E-state index is 14.2. The third-order valence-corrected chi connectivity index (χ3v) is 13.0. The molecule has 6 heterocycles. The van der Waals surface area contributed by atoms with E-state index in [0.29, 0.717) is 50.7 Å². The number of aromatic amines is 1. The molecule has 10 rings (SSSR count). The van der Waals surface area contributed by atoms with Gasteiger partial charge in [-0.25, -0.2) is 0 Å². The molecular formula is C47H45ClN14O3. The average molecular weight is 889 g/mol. The van der Waals surface area contributed by atoms with Gasteiger partial charge in [-0.15, -0.1) is 0 Å². The van der Waals surface area contributed by atoms with Crippen LogP contribution in [-0.4, -0.2) is 55.4 Å². The lowest BCUT2D eigenvalue weighted by atomic mass is 9.85. The highest BCUT2D eigenvalue weighted by molar-refractivity contribution is 6.33. The van der Waals surface area contributed by atoms with E-state index >= 15 is 0 Å². The predicted molar refractivity (Wildman–Crippen MR) is 247 cm³/mol. The Hall–Kier alpha value is -7.63. The van der Waals surface area contributed by atoms with Crippen molar-refractivity contribution in [3.8, 4) is 34.4 Å². The lowest BCUT2D eigenvalue weighted by Crippen LogP contribution is -2.29. The summed E-state index contributed by atoms with van der Waals surface area (Å²) >= 11 is 6.75. The minimum atomic E-state index is -0.391. The van der Waals surface area contributed by atoms with Crippen molar-refractivity contribution in [3.05, 3.63) is 118 Å². The van der Waals surface area contributed by atoms with Crippen LogP contribution in [0.1, 0.15) is 63.5 Å². The molecule has 3 N–H and O–H groups in total. The van der Waals surface area contributed by atoms with Crippen LogP contribution in [-0.2, 0) is 13.6 Å². The van der Waals surface area contributed by atoms with Gasteiger partial charge in [-0.05, 0) is 67.6 Å². The average Bonchev–Trinajstić information content (AvgIpc) is 4.14. The Bertz CT molecular complexity index is 3250. The molecule has 2 aliphatic carbocycles. The molecule has 0 amide bonds. The normalized spacial score (nSPS) is 18.6. The van der Waals surface area contributed by atoms with E-state index in [1.54, 1.807) is 40.2 Å². The second-order valence-corrected chi connectivity index (χ2v) is 17.2. The molecule has 65 heavy (non-hydrogen) atoms. The van der Waals surface area contributed by atoms with Crippen LogP contribution in [0.2, 0.25) is 5.02 Å². The molecule has 0 bridgehead atoms. The molecule has 4 atom stereocenters. The molecule has 18 heteroatoms. The predicted octanol–water partition coefficient (Wildman–Crippen LogP) is 8.28. The topological polar surface area (TPSA) is 207 Å². The number of nitriles is 2. The number of hydrogen-bond donors (Lipinski definition) is 3. The summed E-state index contributed by atoms with van der Waals surface area (Å²) in [5, 5.41) is 46.5. The van der Waals surface area contributed by atoms with E-state index in [0.717, 1.165) is 79.3 Å². The Morgan fingerprint density at radius 2 is 1.42 bits per heavy atom. The summed E-state index contributed by atoms with van der Waals surface area (Å²) in [6.07, 6.45) is 17.7. The van der Waals surface area contributed by atoms with Crippen LogP contribution in [0.4, 0.5) is 23.0 Å². The van der Waals surface area contributed by atoms with Gasteiger partial charge in [0.2, 0.25) is 0 Å². The first kappa shape index (κ1) is 41.4. The molecule has 0 unspecified atom stereocenters. The number of H-pyrrole nitrogens is 1. The summed E-state index contributed by atoms with van der Waals surface area (Å²) < 4.78 is 8.37. The smallest absolute Gasteiger partial charge is 0.296 e. The van der Waals surface area contributed by atoms with Crippen molar-refractivity contribution < 1.29 is 4.84 Å². The van der Waals surface area contributed by atoms with Gasteiger partial charge in [0.05, 0.1) is 77.2 Å². The SMILES string of the molecule is Cn1cc(-c2ccc(Nc3nn([C@H]4CCCC[C@@H]4C#N)c4ccn(OCCn5cc(-c6ccc(Nc7nn([C@H]8CCCC[C@@H]8C#N)c8cc[nH]c(=O)c78)cc6)cn5)c(=O)c34)cc2Cl)cn1. The molecule has 6 aromatic heterocycles. The van der Waals surface area contributed by atoms with Crippen molar-refractivity contribution in [1.82, 2.24) is 48.8 Å². The fourth-order valence-electron chi connectivity index (χ4n) is 9.40. The summed E-state index contributed by atoms with van der Waals surface area (Å²) in [6.45, 7) is 0.507. The number of halogens is 1. The Kier molecular flexibility index (Phi) is 11.1. The zero-order valence-corrected chi connectivity index (χ0v) is 36.3. The number of aromatic nitrogens is 10. The summed E-state index contributed by atoms with van der Waals surface area (Å²) in [5.74, 6) is 0.399. The maximum atomic E-state index is 14.2. The summed E-state index contributed by atoms with van der Waals surface area (Å²) in [5.41, 5.74) is 5.61. The van der Waals surface area contributed by atoms with Crippen molar-refractivity contribution in [2.24, 2.45) is 18.9 Å². The molecule has 8 aromatic rings. The van der Waals surface area contributed by atoms with Crippen LogP contribution >= 0.6 is 11.6 Å². The van der Waals surface area contributed by atoms with E-state index in [4.69, 9.17) is 26.6 Å². The van der Waals surface area contributed by atoms with Gasteiger partial charge in [0.25, 0.3) is 11.1 Å². The molecule has 0 saturated heterocycles. The van der Waals surface area contributed by atoms with Gasteiger partial charge < -0.3 is 20.5 Å². The highest BCUT2D eigenvalue weighted by atomic mass is 35.5. The van der Waals surface area contributed by atoms with Crippen LogP contribution in [0.15, 0.2) is 101 Å². The number of benzene rings is 2. The highest BCUT2D eigenvalue weighted by Gasteiger charge is 2.32. The fourth-order valence-corrected chi connectivity index (χ4v) is 9.69. The number of pyridine rings is 2. The number of nitrogens with zero attached hydrogens (tertiary/aromatic N) is 11. The second kappa shape index (κ2) is 17.5. The van der Waals surface area contributed by atoms with Gasteiger partial charge in [-0.1, -0.05) is 55.5 Å². The number of rotatable bonds is 12. The van der Waals surface area contributed by atoms with E-state index in [1.165, 1.54) is 4.73 Å². The monoisotopic (exact) mass is 888 g/mol. The van der Waals surface area contributed by atoms with Gasteiger partial charge in [0.15, 0.2) is 11.6 Å². The van der Waals surface area contributed by atoms with Crippen molar-refractivity contribution in [2.45, 2.75) is 70.0 Å². The number of hydrogen-bond acceptors (Lipinski definition) is 11. The first-order valence-electron chi connectivity index (χ1n) is 21.9. The quantitative estimate of drug-likeness (QED) is 0.106. The standard InChI is InChI=1S/C47H45ClN14O3/c1-58-27-33(26-52-58)36-15-14-35(22-37(36)48)55-45-43-41(62(57-45)39-9-5-3-7-31(39)24-50)17-19-60(47(43)64)65-21-20-59-28-32(25-53-59)29-10-12-34(13-11-29)54-44-42-40(16-18-51-46(42)63)61(56-44)38-8-4-2-6-30(38)23-49/h10-19,22,25-28,30-31,38-39H,2-9,20-21H2,1H3,(H,51,63)(H,54,56)(H,55,57)/t30-,31-,38+,39+/m1/s1. The van der Waals surface area contributed by atoms with Crippen molar-refractivity contribution in [1.29, 1.82) is 10.5 Å².